The highest BCUT2D eigenvalue weighted by molar-refractivity contribution is 7.90. The highest BCUT2D eigenvalue weighted by Crippen LogP contribution is 2.40. The summed E-state index contributed by atoms with van der Waals surface area (Å²) in [6.45, 7) is 5.16. The molecule has 1 aliphatic carbocycles. The van der Waals surface area contributed by atoms with Crippen LogP contribution < -0.4 is 19.9 Å². The lowest BCUT2D eigenvalue weighted by Gasteiger charge is -2.38. The van der Waals surface area contributed by atoms with E-state index in [1.54, 1.807) is 73.8 Å². The van der Waals surface area contributed by atoms with Crippen molar-refractivity contribution >= 4 is 50.9 Å². The van der Waals surface area contributed by atoms with Crippen LogP contribution in [-0.4, -0.2) is 158 Å². The molecule has 1 fully saturated rings. The summed E-state index contributed by atoms with van der Waals surface area (Å²) in [5.74, 6) is -2.94. The van der Waals surface area contributed by atoms with Crippen molar-refractivity contribution in [1.82, 2.24) is 15.2 Å². The topological polar surface area (TPSA) is 321 Å². The number of aliphatic hydroxyl groups is 3. The van der Waals surface area contributed by atoms with Crippen molar-refractivity contribution in [2.75, 3.05) is 58.0 Å². The van der Waals surface area contributed by atoms with Crippen molar-refractivity contribution in [2.24, 2.45) is 0 Å². The highest BCUT2D eigenvalue weighted by atomic mass is 32.2. The molecule has 3 aliphatic rings. The molecule has 6 N–H and O–H groups in total. The van der Waals surface area contributed by atoms with E-state index in [0.29, 0.717) is 52.1 Å². The molecule has 432 valence electrons. The van der Waals surface area contributed by atoms with E-state index in [9.17, 15) is 57.6 Å². The fourth-order valence-corrected chi connectivity index (χ4v) is 10.1. The minimum Gasteiger partial charge on any atom is -0.479 e. The number of nitrogens with zero attached hydrogens (tertiary/aromatic N) is 3. The number of imide groups is 1. The molecule has 2 aliphatic heterocycles. The Balaban J connectivity index is 0.00000946. The van der Waals surface area contributed by atoms with Crippen LogP contribution in [0.25, 0.3) is 11.5 Å². The van der Waals surface area contributed by atoms with E-state index in [4.69, 9.17) is 28.1 Å². The molecule has 2 aromatic heterocycles. The van der Waals surface area contributed by atoms with Gasteiger partial charge in [-0.25, -0.2) is 22.8 Å². The first kappa shape index (κ1) is 61.1. The smallest absolute Gasteiger partial charge is 0.335 e. The monoisotopic (exact) mass is 1140 g/mol. The number of sulfone groups is 1. The number of Topliss-reactive ketones (excluding diaryl/α,β-unsaturated/α-hetero) is 1. The Kier molecular flexibility index (Phi) is 20.9. The number of ketones is 1. The maximum atomic E-state index is 13.4. The number of hydrogen-bond donors (Lipinski definition) is 6. The van der Waals surface area contributed by atoms with Gasteiger partial charge in [-0.3, -0.25) is 28.9 Å². The Hall–Kier alpha value is -7.55. The Labute approximate surface area is 467 Å². The van der Waals surface area contributed by atoms with E-state index in [0.717, 1.165) is 11.1 Å². The third-order valence-electron chi connectivity index (χ3n) is 13.3. The molecule has 4 heterocycles. The number of anilines is 1. The van der Waals surface area contributed by atoms with Gasteiger partial charge in [0, 0.05) is 71.7 Å². The normalized spacial score (nSPS) is 18.5. The zero-order valence-corrected chi connectivity index (χ0v) is 45.7. The van der Waals surface area contributed by atoms with E-state index < -0.39 is 52.4 Å². The Morgan fingerprint density at radius 1 is 0.790 bits per heavy atom. The maximum absolute atomic E-state index is 13.4. The minimum atomic E-state index is -3.67. The van der Waals surface area contributed by atoms with Crippen LogP contribution in [-0.2, 0) is 71.5 Å². The molecule has 0 saturated carbocycles. The average Bonchev–Trinajstić information content (AvgIpc) is 4.34. The molecular formula is C57H65N5O18S. The van der Waals surface area contributed by atoms with Gasteiger partial charge >= 0.3 is 5.97 Å². The van der Waals surface area contributed by atoms with E-state index in [1.807, 2.05) is 29.8 Å². The van der Waals surface area contributed by atoms with Crippen molar-refractivity contribution in [2.45, 2.75) is 93.9 Å². The van der Waals surface area contributed by atoms with Gasteiger partial charge < -0.3 is 66.6 Å². The number of oxazole rings is 1. The number of nitrogens with one attached hydrogen (secondary N) is 2. The second kappa shape index (κ2) is 27.7. The average molecular weight is 1140 g/mol. The quantitative estimate of drug-likeness (QED) is 0.0132. The van der Waals surface area contributed by atoms with E-state index in [2.05, 4.69) is 15.6 Å². The Morgan fingerprint density at radius 3 is 2.16 bits per heavy atom. The fraction of sp³-hybridized carbons (Fsp3) is 0.386. The highest BCUT2D eigenvalue weighted by Gasteiger charge is 2.49. The van der Waals surface area contributed by atoms with Gasteiger partial charge in [0.1, 0.15) is 35.6 Å². The molecule has 0 bridgehead atoms. The summed E-state index contributed by atoms with van der Waals surface area (Å²) in [6, 6.07) is 21.7. The fourth-order valence-electron chi connectivity index (χ4n) is 8.72. The Bertz CT molecular complexity index is 3210. The molecule has 1 saturated heterocycles. The number of ether oxygens (including phenoxy) is 5. The van der Waals surface area contributed by atoms with Crippen molar-refractivity contribution in [3.05, 3.63) is 144 Å². The van der Waals surface area contributed by atoms with Gasteiger partial charge in [0.2, 0.25) is 24.0 Å². The van der Waals surface area contributed by atoms with Gasteiger partial charge in [0.15, 0.2) is 40.7 Å². The van der Waals surface area contributed by atoms with Crippen molar-refractivity contribution in [1.29, 1.82) is 0 Å². The number of carboxylic acids is 1. The Morgan fingerprint density at radius 2 is 1.47 bits per heavy atom. The second-order valence-corrected chi connectivity index (χ2v) is 21.3. The van der Waals surface area contributed by atoms with Crippen LogP contribution >= 0.6 is 0 Å². The summed E-state index contributed by atoms with van der Waals surface area (Å²) < 4.78 is 61.4. The predicted octanol–water partition coefficient (Wildman–Crippen LogP) is 2.76. The third kappa shape index (κ3) is 16.1. The van der Waals surface area contributed by atoms with Crippen LogP contribution in [0.15, 0.2) is 112 Å². The summed E-state index contributed by atoms with van der Waals surface area (Å²) in [6.07, 6.45) is -4.97. The van der Waals surface area contributed by atoms with Crippen LogP contribution in [0.2, 0.25) is 0 Å². The van der Waals surface area contributed by atoms with Gasteiger partial charge in [0.05, 0.1) is 62.5 Å². The molecule has 4 amide bonds. The summed E-state index contributed by atoms with van der Waals surface area (Å²) in [4.78, 5) is 80.8. The van der Waals surface area contributed by atoms with Crippen LogP contribution in [0.1, 0.15) is 64.2 Å². The molecule has 0 unspecified atom stereocenters. The molecule has 0 spiro atoms. The summed E-state index contributed by atoms with van der Waals surface area (Å²) in [5, 5.41) is 46.3. The summed E-state index contributed by atoms with van der Waals surface area (Å²) in [5.41, 5.74) is 5.01. The number of amides is 4. The number of aromatic nitrogens is 2. The lowest BCUT2D eigenvalue weighted by Crippen LogP contribution is -2.61. The van der Waals surface area contributed by atoms with Gasteiger partial charge in [-0.15, -0.1) is 0 Å². The zero-order chi connectivity index (χ0) is 57.1. The number of rotatable bonds is 29. The number of carbonyl (C=O) groups excluding carboxylic acids is 5. The lowest BCUT2D eigenvalue weighted by molar-refractivity contribution is -0.688. The maximum Gasteiger partial charge on any atom is 0.335 e. The number of piperidine rings is 1. The lowest BCUT2D eigenvalue weighted by atomic mass is 9.99. The van der Waals surface area contributed by atoms with Crippen molar-refractivity contribution in [3.63, 3.8) is 0 Å². The van der Waals surface area contributed by atoms with Crippen molar-refractivity contribution < 1.29 is 90.3 Å². The molecule has 0 radical (unpaired) electrons. The largest absolute Gasteiger partial charge is 0.479 e. The van der Waals surface area contributed by atoms with Gasteiger partial charge in [-0.05, 0) is 68.8 Å². The van der Waals surface area contributed by atoms with Gasteiger partial charge in [-0.1, -0.05) is 29.8 Å². The number of likely N-dealkylation sites (tertiary alicyclic amines) is 1. The molecular weight excluding hydrogens is 1070 g/mol. The molecule has 24 heteroatoms. The van der Waals surface area contributed by atoms with Gasteiger partial charge in [0.25, 0.3) is 11.8 Å². The molecule has 8 rings (SSSR count). The number of aliphatic hydroxyl groups excluding tert-OH is 3. The molecule has 23 nitrogen and oxygen atoms in total. The van der Waals surface area contributed by atoms with Crippen LogP contribution in [0.3, 0.4) is 0 Å². The first-order valence-electron chi connectivity index (χ1n) is 25.8. The zero-order valence-electron chi connectivity index (χ0n) is 44.9. The number of benzene rings is 3. The van der Waals surface area contributed by atoms with Crippen LogP contribution in [0.4, 0.5) is 5.69 Å². The number of carbonyl (C=O) groups is 6. The minimum absolute atomic E-state index is 0. The number of aryl methyl sites for hydroxylation is 3. The van der Waals surface area contributed by atoms with Crippen LogP contribution in [0.5, 0.6) is 5.75 Å². The molecule has 5 atom stereocenters. The number of pyridine rings is 1. The third-order valence-corrected chi connectivity index (χ3v) is 14.9. The standard InChI is InChI=1S/C56H61N5O18S.CH3/c1-33-5-13-39(14-6-33)80(72,73)32-43-34(2)77-52(59-43)38-11-9-37(10-12-38)44(62)15-7-35-4-3-20-60(30-35)31-36-8-16-45(78-56-50(67)48(65)49(66)51(79-56)55(70)71)42(28-36)58-47(64)17-19-57-46(63)18-22-74-24-26-76-27-25-75-23-21-61-53(68)40-29-41(40)54(61)69;/h3-6,8-14,16,20,28,30,48-51,56,65-67H,7,15,17-19,21-27,29,31-32H2,1-2H3,(H2-,57,58,63,64,70,71);1H3/q;-1/p+1/t48-,49-,50+,51-,56+;/m0./s1. The molecule has 81 heavy (non-hydrogen) atoms. The summed E-state index contributed by atoms with van der Waals surface area (Å²) in [7, 11) is -3.67. The first-order valence-corrected chi connectivity index (χ1v) is 27.5. The summed E-state index contributed by atoms with van der Waals surface area (Å²) >= 11 is 0. The second-order valence-electron chi connectivity index (χ2n) is 19.3. The van der Waals surface area contributed by atoms with Crippen molar-refractivity contribution in [3.8, 4) is 17.2 Å². The SMILES string of the molecule is Cc1ccc(S(=O)(=O)Cc2nc(-c3ccc(C(=O)CCc4ccc[n+](Cc5ccc(O[C@@H]6O[C@H](C(=O)O)[C@@H](O)[C@H](O)[C@H]6O)c(NC(=O)CCNC(=O)CCOCCOCCOCCN6C(=O)C7=C(C7)C6=O)c5)c4)cc3)oc2C)cc1.[CH3-]. The predicted molar refractivity (Wildman–Crippen MR) is 287 cm³/mol. The van der Waals surface area contributed by atoms with E-state index >= 15 is 0 Å². The van der Waals surface area contributed by atoms with E-state index in [1.165, 1.54) is 11.0 Å². The number of carboxylic acid groups (broad SMARTS) is 1. The molecule has 5 aromatic rings. The van der Waals surface area contributed by atoms with Crippen LogP contribution in [0, 0.1) is 21.3 Å². The number of hydrogen-bond acceptors (Lipinski definition) is 18. The van der Waals surface area contributed by atoms with E-state index in [-0.39, 0.29) is 137 Å². The first-order chi connectivity index (χ1) is 38.3. The van der Waals surface area contributed by atoms with Gasteiger partial charge in [-0.2, -0.15) is 0 Å². The molecule has 3 aromatic carbocycles. The number of aliphatic carboxylic acids is 1.